The summed E-state index contributed by atoms with van der Waals surface area (Å²) in [5.41, 5.74) is 9.52. The molecule has 0 spiro atoms. The highest BCUT2D eigenvalue weighted by Gasteiger charge is 2.17. The van der Waals surface area contributed by atoms with Gasteiger partial charge in [0.2, 0.25) is 5.91 Å². The van der Waals surface area contributed by atoms with Crippen molar-refractivity contribution >= 4 is 5.91 Å². The number of rotatable bonds is 7. The van der Waals surface area contributed by atoms with Crippen LogP contribution in [0.25, 0.3) is 0 Å². The molecule has 4 nitrogen and oxygen atoms in total. The molecule has 1 heterocycles. The number of benzene rings is 1. The van der Waals surface area contributed by atoms with Crippen LogP contribution in [0, 0.1) is 0 Å². The van der Waals surface area contributed by atoms with Gasteiger partial charge in [-0.15, -0.1) is 0 Å². The lowest BCUT2D eigenvalue weighted by Gasteiger charge is -2.34. The lowest BCUT2D eigenvalue weighted by Crippen LogP contribution is -2.48. The van der Waals surface area contributed by atoms with E-state index in [1.54, 1.807) is 0 Å². The highest BCUT2D eigenvalue weighted by molar-refractivity contribution is 5.75. The molecular weight excluding hydrogens is 310 g/mol. The summed E-state index contributed by atoms with van der Waals surface area (Å²) in [5.74, 6) is -0.233. The van der Waals surface area contributed by atoms with E-state index in [0.29, 0.717) is 6.54 Å². The zero-order chi connectivity index (χ0) is 17.5. The standard InChI is InChI=1S/C21H29N3O/c22-21(25)17-24-14-12-23(13-15-24)16-20-10-8-19(9-11-20)7-6-18-4-2-1-3-5-18/h2,4-5,8-11H,1,3,6-7,12-17H2,(H2,22,25). The Labute approximate surface area is 151 Å². The minimum absolute atomic E-state index is 0.233. The van der Waals surface area contributed by atoms with Gasteiger partial charge in [-0.3, -0.25) is 14.6 Å². The van der Waals surface area contributed by atoms with Gasteiger partial charge < -0.3 is 5.73 Å². The second kappa shape index (κ2) is 8.97. The highest BCUT2D eigenvalue weighted by Crippen LogP contribution is 2.17. The van der Waals surface area contributed by atoms with E-state index < -0.39 is 0 Å². The minimum atomic E-state index is -0.233. The molecule has 1 fully saturated rings. The molecule has 1 aromatic carbocycles. The number of piperazine rings is 1. The van der Waals surface area contributed by atoms with Crippen molar-refractivity contribution in [3.8, 4) is 0 Å². The average molecular weight is 339 g/mol. The molecule has 1 amide bonds. The van der Waals surface area contributed by atoms with Gasteiger partial charge in [0.05, 0.1) is 6.54 Å². The van der Waals surface area contributed by atoms with Crippen LogP contribution < -0.4 is 5.73 Å². The molecular formula is C21H29N3O. The largest absolute Gasteiger partial charge is 0.369 e. The summed E-state index contributed by atoms with van der Waals surface area (Å²) in [7, 11) is 0. The fourth-order valence-corrected chi connectivity index (χ4v) is 3.54. The summed E-state index contributed by atoms with van der Waals surface area (Å²) < 4.78 is 0. The fraction of sp³-hybridized carbons (Fsp3) is 0.476. The molecule has 1 aliphatic carbocycles. The van der Waals surface area contributed by atoms with Gasteiger partial charge in [0.1, 0.15) is 0 Å². The first-order chi connectivity index (χ1) is 12.2. The van der Waals surface area contributed by atoms with E-state index in [4.69, 9.17) is 5.73 Å². The molecule has 2 N–H and O–H groups in total. The lowest BCUT2D eigenvalue weighted by atomic mass is 9.99. The fourth-order valence-electron chi connectivity index (χ4n) is 3.54. The van der Waals surface area contributed by atoms with Crippen LogP contribution in [0.4, 0.5) is 0 Å². The number of primary amides is 1. The number of hydrogen-bond donors (Lipinski definition) is 1. The van der Waals surface area contributed by atoms with E-state index in [-0.39, 0.29) is 5.91 Å². The van der Waals surface area contributed by atoms with Crippen molar-refractivity contribution in [1.29, 1.82) is 0 Å². The first-order valence-electron chi connectivity index (χ1n) is 9.35. The normalized spacial score (nSPS) is 19.0. The van der Waals surface area contributed by atoms with E-state index in [9.17, 15) is 4.79 Å². The molecule has 25 heavy (non-hydrogen) atoms. The Morgan fingerprint density at radius 3 is 2.24 bits per heavy atom. The van der Waals surface area contributed by atoms with E-state index in [1.165, 1.54) is 29.5 Å². The average Bonchev–Trinajstić information content (AvgIpc) is 2.63. The molecule has 3 rings (SSSR count). The Kier molecular flexibility index (Phi) is 6.42. The Morgan fingerprint density at radius 1 is 0.920 bits per heavy atom. The van der Waals surface area contributed by atoms with Crippen LogP contribution in [0.5, 0.6) is 0 Å². The first-order valence-corrected chi connectivity index (χ1v) is 9.35. The molecule has 0 aromatic heterocycles. The molecule has 0 radical (unpaired) electrons. The molecule has 0 atom stereocenters. The molecule has 4 heteroatoms. The molecule has 0 unspecified atom stereocenters. The number of carbonyl (C=O) groups excluding carboxylic acids is 1. The van der Waals surface area contributed by atoms with Gasteiger partial charge in [0.15, 0.2) is 0 Å². The summed E-state index contributed by atoms with van der Waals surface area (Å²) >= 11 is 0. The van der Waals surface area contributed by atoms with Crippen molar-refractivity contribution in [2.24, 2.45) is 5.73 Å². The Morgan fingerprint density at radius 2 is 1.60 bits per heavy atom. The van der Waals surface area contributed by atoms with Crippen molar-refractivity contribution in [1.82, 2.24) is 9.80 Å². The van der Waals surface area contributed by atoms with Crippen molar-refractivity contribution in [3.63, 3.8) is 0 Å². The van der Waals surface area contributed by atoms with E-state index in [1.807, 2.05) is 0 Å². The Hall–Kier alpha value is -1.91. The zero-order valence-electron chi connectivity index (χ0n) is 15.0. The number of nitrogens with two attached hydrogens (primary N) is 1. The van der Waals surface area contributed by atoms with Gasteiger partial charge in [-0.1, -0.05) is 48.1 Å². The van der Waals surface area contributed by atoms with Crippen LogP contribution in [0.1, 0.15) is 30.4 Å². The van der Waals surface area contributed by atoms with Gasteiger partial charge in [0.25, 0.3) is 0 Å². The maximum absolute atomic E-state index is 11.0. The summed E-state index contributed by atoms with van der Waals surface area (Å²) in [6.07, 6.45) is 11.6. The maximum atomic E-state index is 11.0. The summed E-state index contributed by atoms with van der Waals surface area (Å²) in [4.78, 5) is 15.6. The zero-order valence-corrected chi connectivity index (χ0v) is 15.0. The molecule has 134 valence electrons. The number of hydrogen-bond acceptors (Lipinski definition) is 3. The van der Waals surface area contributed by atoms with Gasteiger partial charge in [-0.2, -0.15) is 0 Å². The van der Waals surface area contributed by atoms with Gasteiger partial charge in [-0.05, 0) is 36.8 Å². The third-order valence-electron chi connectivity index (χ3n) is 5.05. The van der Waals surface area contributed by atoms with Crippen molar-refractivity contribution in [2.45, 2.75) is 32.2 Å². The van der Waals surface area contributed by atoms with Crippen molar-refractivity contribution in [3.05, 3.63) is 59.2 Å². The summed E-state index contributed by atoms with van der Waals surface area (Å²) in [6, 6.07) is 9.06. The van der Waals surface area contributed by atoms with Crippen LogP contribution in [0.2, 0.25) is 0 Å². The molecule has 0 bridgehead atoms. The van der Waals surface area contributed by atoms with E-state index in [0.717, 1.165) is 45.6 Å². The third kappa shape index (κ3) is 5.83. The van der Waals surface area contributed by atoms with E-state index >= 15 is 0 Å². The number of allylic oxidation sites excluding steroid dienone is 4. The van der Waals surface area contributed by atoms with Gasteiger partial charge in [0, 0.05) is 32.7 Å². The lowest BCUT2D eigenvalue weighted by molar-refractivity contribution is -0.119. The maximum Gasteiger partial charge on any atom is 0.231 e. The quantitative estimate of drug-likeness (QED) is 0.830. The monoisotopic (exact) mass is 339 g/mol. The molecule has 0 saturated carbocycles. The first kappa shape index (κ1) is 17.9. The van der Waals surface area contributed by atoms with Crippen LogP contribution in [-0.2, 0) is 17.8 Å². The van der Waals surface area contributed by atoms with Crippen LogP contribution in [0.3, 0.4) is 0 Å². The SMILES string of the molecule is NC(=O)CN1CCN(Cc2ccc(CCC3=CCCC=C3)cc2)CC1. The second-order valence-electron chi connectivity index (χ2n) is 7.09. The molecule has 1 aromatic rings. The van der Waals surface area contributed by atoms with Gasteiger partial charge >= 0.3 is 0 Å². The molecule has 1 saturated heterocycles. The summed E-state index contributed by atoms with van der Waals surface area (Å²) in [5, 5.41) is 0. The van der Waals surface area contributed by atoms with Crippen molar-refractivity contribution in [2.75, 3.05) is 32.7 Å². The van der Waals surface area contributed by atoms with Crippen LogP contribution in [-0.4, -0.2) is 48.4 Å². The third-order valence-corrected chi connectivity index (χ3v) is 5.05. The molecule has 2 aliphatic rings. The Bertz CT molecular complexity index is 625. The Balaban J connectivity index is 1.42. The smallest absolute Gasteiger partial charge is 0.231 e. The molecule has 1 aliphatic heterocycles. The highest BCUT2D eigenvalue weighted by atomic mass is 16.1. The topological polar surface area (TPSA) is 49.6 Å². The van der Waals surface area contributed by atoms with Crippen LogP contribution in [0.15, 0.2) is 48.1 Å². The second-order valence-corrected chi connectivity index (χ2v) is 7.09. The predicted molar refractivity (Wildman–Crippen MR) is 102 cm³/mol. The minimum Gasteiger partial charge on any atom is -0.369 e. The van der Waals surface area contributed by atoms with Gasteiger partial charge in [-0.25, -0.2) is 0 Å². The summed E-state index contributed by atoms with van der Waals surface area (Å²) in [6.45, 7) is 5.20. The van der Waals surface area contributed by atoms with Crippen molar-refractivity contribution < 1.29 is 4.79 Å². The number of carbonyl (C=O) groups is 1. The number of nitrogens with zero attached hydrogens (tertiary/aromatic N) is 2. The number of aryl methyl sites for hydroxylation is 1. The van der Waals surface area contributed by atoms with Crippen LogP contribution >= 0.6 is 0 Å². The predicted octanol–water partition coefficient (Wildman–Crippen LogP) is 2.50. The number of amides is 1. The van der Waals surface area contributed by atoms with E-state index in [2.05, 4.69) is 52.3 Å².